The molecule has 1 saturated heterocycles. The minimum absolute atomic E-state index is 0.615. The number of nitrogens with one attached hydrogen (secondary N) is 1. The van der Waals surface area contributed by atoms with Gasteiger partial charge in [-0.2, -0.15) is 0 Å². The Hall–Kier alpha value is -0.860. The van der Waals surface area contributed by atoms with Crippen LogP contribution >= 0.6 is 0 Å². The zero-order valence-electron chi connectivity index (χ0n) is 13.4. The third-order valence-electron chi connectivity index (χ3n) is 5.37. The van der Waals surface area contributed by atoms with E-state index in [1.54, 1.807) is 0 Å². The maximum Gasteiger partial charge on any atom is 0.0235 e. The summed E-state index contributed by atoms with van der Waals surface area (Å²) < 4.78 is 0. The first-order chi connectivity index (χ1) is 10.3. The summed E-state index contributed by atoms with van der Waals surface area (Å²) in [5.74, 6) is 0.884. The van der Waals surface area contributed by atoms with E-state index in [9.17, 15) is 0 Å². The van der Waals surface area contributed by atoms with Crippen molar-refractivity contribution in [1.82, 2.24) is 10.2 Å². The Balaban J connectivity index is 1.63. The van der Waals surface area contributed by atoms with Crippen molar-refractivity contribution in [3.05, 3.63) is 35.9 Å². The topological polar surface area (TPSA) is 15.3 Å². The van der Waals surface area contributed by atoms with E-state index in [1.807, 2.05) is 0 Å². The number of nitrogens with zero attached hydrogens (tertiary/aromatic N) is 1. The third-order valence-corrected chi connectivity index (χ3v) is 5.37. The van der Waals surface area contributed by atoms with Crippen LogP contribution in [0.5, 0.6) is 0 Å². The molecule has 0 spiro atoms. The summed E-state index contributed by atoms with van der Waals surface area (Å²) in [7, 11) is 0. The highest BCUT2D eigenvalue weighted by atomic mass is 15.2. The molecular weight excluding hydrogens is 256 g/mol. The maximum atomic E-state index is 3.77. The molecule has 1 heterocycles. The molecule has 3 rings (SSSR count). The lowest BCUT2D eigenvalue weighted by Crippen LogP contribution is -2.47. The van der Waals surface area contributed by atoms with Crippen LogP contribution in [0.3, 0.4) is 0 Å². The summed E-state index contributed by atoms with van der Waals surface area (Å²) in [6.45, 7) is 6.15. The first kappa shape index (κ1) is 15.1. The van der Waals surface area contributed by atoms with E-state index in [4.69, 9.17) is 0 Å². The minimum atomic E-state index is 0.615. The first-order valence-electron chi connectivity index (χ1n) is 8.84. The van der Waals surface area contributed by atoms with Gasteiger partial charge >= 0.3 is 0 Å². The highest BCUT2D eigenvalue weighted by Crippen LogP contribution is 2.29. The van der Waals surface area contributed by atoms with Crippen LogP contribution in [-0.4, -0.2) is 36.6 Å². The Bertz CT molecular complexity index is 417. The van der Waals surface area contributed by atoms with Crippen molar-refractivity contribution in [3.63, 3.8) is 0 Å². The molecule has 0 amide bonds. The predicted molar refractivity (Wildman–Crippen MR) is 89.5 cm³/mol. The summed E-state index contributed by atoms with van der Waals surface area (Å²) in [5.41, 5.74) is 1.47. The first-order valence-corrected chi connectivity index (χ1v) is 8.84. The molecular formula is C19H30N2. The molecule has 0 aromatic heterocycles. The average molecular weight is 286 g/mol. The van der Waals surface area contributed by atoms with Crippen molar-refractivity contribution in [2.45, 2.75) is 57.5 Å². The highest BCUT2D eigenvalue weighted by molar-refractivity contribution is 5.16. The summed E-state index contributed by atoms with van der Waals surface area (Å²) in [6.07, 6.45) is 8.18. The van der Waals surface area contributed by atoms with Crippen LogP contribution in [0.15, 0.2) is 30.3 Å². The van der Waals surface area contributed by atoms with Crippen LogP contribution in [0.1, 0.15) is 44.6 Å². The molecule has 2 fully saturated rings. The minimum Gasteiger partial charge on any atom is -0.312 e. The Labute approximate surface area is 129 Å². The molecule has 1 saturated carbocycles. The number of hydrogen-bond acceptors (Lipinski definition) is 2. The van der Waals surface area contributed by atoms with Gasteiger partial charge < -0.3 is 5.32 Å². The molecule has 2 heteroatoms. The number of rotatable bonds is 3. The molecule has 1 N–H and O–H groups in total. The van der Waals surface area contributed by atoms with Gasteiger partial charge in [0.15, 0.2) is 0 Å². The van der Waals surface area contributed by atoms with Crippen molar-refractivity contribution in [2.75, 3.05) is 19.6 Å². The van der Waals surface area contributed by atoms with Gasteiger partial charge in [0.1, 0.15) is 0 Å². The van der Waals surface area contributed by atoms with Gasteiger partial charge in [-0.05, 0) is 50.3 Å². The Morgan fingerprint density at radius 1 is 1.10 bits per heavy atom. The van der Waals surface area contributed by atoms with E-state index in [2.05, 4.69) is 47.5 Å². The second-order valence-corrected chi connectivity index (χ2v) is 7.02. The quantitative estimate of drug-likeness (QED) is 0.915. The Morgan fingerprint density at radius 2 is 1.90 bits per heavy atom. The van der Waals surface area contributed by atoms with E-state index in [0.717, 1.165) is 12.0 Å². The van der Waals surface area contributed by atoms with Crippen LogP contribution in [0.4, 0.5) is 0 Å². The smallest absolute Gasteiger partial charge is 0.0235 e. The van der Waals surface area contributed by atoms with Crippen molar-refractivity contribution in [2.24, 2.45) is 5.92 Å². The third kappa shape index (κ3) is 4.08. The van der Waals surface area contributed by atoms with Crippen LogP contribution < -0.4 is 5.32 Å². The van der Waals surface area contributed by atoms with Crippen molar-refractivity contribution in [3.8, 4) is 0 Å². The largest absolute Gasteiger partial charge is 0.312 e. The zero-order valence-corrected chi connectivity index (χ0v) is 13.4. The van der Waals surface area contributed by atoms with Crippen molar-refractivity contribution in [1.29, 1.82) is 0 Å². The van der Waals surface area contributed by atoms with E-state index < -0.39 is 0 Å². The summed E-state index contributed by atoms with van der Waals surface area (Å²) >= 11 is 0. The lowest BCUT2D eigenvalue weighted by molar-refractivity contribution is 0.110. The lowest BCUT2D eigenvalue weighted by atomic mass is 9.84. The molecule has 2 nitrogen and oxygen atoms in total. The van der Waals surface area contributed by atoms with Crippen LogP contribution in [0.2, 0.25) is 0 Å². The summed E-state index contributed by atoms with van der Waals surface area (Å²) in [6, 6.07) is 12.4. The Morgan fingerprint density at radius 3 is 2.71 bits per heavy atom. The van der Waals surface area contributed by atoms with Crippen LogP contribution in [0, 0.1) is 5.92 Å². The van der Waals surface area contributed by atoms with E-state index in [-0.39, 0.29) is 0 Å². The molecule has 1 aliphatic heterocycles. The zero-order chi connectivity index (χ0) is 14.5. The molecule has 0 bridgehead atoms. The highest BCUT2D eigenvalue weighted by Gasteiger charge is 2.29. The second-order valence-electron chi connectivity index (χ2n) is 7.02. The maximum absolute atomic E-state index is 3.77. The van der Waals surface area contributed by atoms with Crippen molar-refractivity contribution < 1.29 is 0 Å². The Kier molecular flexibility index (Phi) is 5.32. The van der Waals surface area contributed by atoms with Gasteiger partial charge in [-0.25, -0.2) is 0 Å². The average Bonchev–Trinajstić information content (AvgIpc) is 2.74. The normalized spacial score (nSPS) is 31.8. The molecule has 3 atom stereocenters. The van der Waals surface area contributed by atoms with Gasteiger partial charge in [0.25, 0.3) is 0 Å². The molecule has 116 valence electrons. The number of hydrogen-bond donors (Lipinski definition) is 1. The number of benzene rings is 1. The van der Waals surface area contributed by atoms with Crippen molar-refractivity contribution >= 4 is 0 Å². The van der Waals surface area contributed by atoms with Crippen LogP contribution in [0.25, 0.3) is 0 Å². The molecule has 2 aliphatic rings. The van der Waals surface area contributed by atoms with Gasteiger partial charge in [-0.15, -0.1) is 0 Å². The second kappa shape index (κ2) is 7.42. The molecule has 1 aliphatic carbocycles. The molecule has 21 heavy (non-hydrogen) atoms. The fourth-order valence-electron chi connectivity index (χ4n) is 4.20. The standard InChI is InChI=1S/C19H30N2/c1-16-8-5-6-11-19(16)21-13-7-12-20-18(15-21)14-17-9-3-2-4-10-17/h2-4,9-10,16,18-20H,5-8,11-15H2,1H3. The van der Waals surface area contributed by atoms with E-state index >= 15 is 0 Å². The van der Waals surface area contributed by atoms with E-state index in [1.165, 1.54) is 63.7 Å². The van der Waals surface area contributed by atoms with Gasteiger partial charge in [0.2, 0.25) is 0 Å². The monoisotopic (exact) mass is 286 g/mol. The van der Waals surface area contributed by atoms with Gasteiger partial charge in [0, 0.05) is 18.6 Å². The molecule has 1 aromatic rings. The molecule has 0 radical (unpaired) electrons. The fraction of sp³-hybridized carbons (Fsp3) is 0.684. The lowest BCUT2D eigenvalue weighted by Gasteiger charge is -2.39. The van der Waals surface area contributed by atoms with E-state index in [0.29, 0.717) is 6.04 Å². The summed E-state index contributed by atoms with van der Waals surface area (Å²) in [4.78, 5) is 2.80. The fourth-order valence-corrected chi connectivity index (χ4v) is 4.20. The predicted octanol–water partition coefficient (Wildman–Crippen LogP) is 3.47. The van der Waals surface area contributed by atoms with Crippen LogP contribution in [-0.2, 0) is 6.42 Å². The van der Waals surface area contributed by atoms with Gasteiger partial charge in [-0.3, -0.25) is 4.90 Å². The van der Waals surface area contributed by atoms with Gasteiger partial charge in [-0.1, -0.05) is 50.1 Å². The SMILES string of the molecule is CC1CCCCC1N1CCCNC(Cc2ccccc2)C1. The molecule has 1 aromatic carbocycles. The molecule has 3 unspecified atom stereocenters. The summed E-state index contributed by atoms with van der Waals surface area (Å²) in [5, 5.41) is 3.77. The van der Waals surface area contributed by atoms with Gasteiger partial charge in [0.05, 0.1) is 0 Å².